The van der Waals surface area contributed by atoms with Gasteiger partial charge in [0.1, 0.15) is 5.75 Å². The van der Waals surface area contributed by atoms with Crippen LogP contribution >= 0.6 is 0 Å². The van der Waals surface area contributed by atoms with Gasteiger partial charge in [0, 0.05) is 5.56 Å². The molecule has 1 rings (SSSR count). The molecule has 0 aliphatic rings. The standard InChI is InChI=1S/C19H30O2/c1-15(2)16-11-12-18(21-5)17(14-16)10-8-6-7-9-13-19(3,4)20/h8,10-12,14-15,20H,6-7,9,13H2,1-5H3. The van der Waals surface area contributed by atoms with Crippen molar-refractivity contribution >= 4 is 6.08 Å². The zero-order chi connectivity index (χ0) is 15.9. The van der Waals surface area contributed by atoms with E-state index >= 15 is 0 Å². The van der Waals surface area contributed by atoms with Crippen molar-refractivity contribution in [2.24, 2.45) is 0 Å². The van der Waals surface area contributed by atoms with Crippen molar-refractivity contribution < 1.29 is 9.84 Å². The van der Waals surface area contributed by atoms with Crippen LogP contribution in [-0.4, -0.2) is 17.8 Å². The Labute approximate surface area is 129 Å². The summed E-state index contributed by atoms with van der Waals surface area (Å²) in [5.74, 6) is 1.45. The molecule has 0 saturated carbocycles. The van der Waals surface area contributed by atoms with Gasteiger partial charge < -0.3 is 9.84 Å². The molecule has 0 bridgehead atoms. The summed E-state index contributed by atoms with van der Waals surface area (Å²) < 4.78 is 5.42. The van der Waals surface area contributed by atoms with E-state index in [1.165, 1.54) is 5.56 Å². The summed E-state index contributed by atoms with van der Waals surface area (Å²) in [6.45, 7) is 8.13. The molecular weight excluding hydrogens is 260 g/mol. The molecule has 2 heteroatoms. The fourth-order valence-corrected chi connectivity index (χ4v) is 2.27. The van der Waals surface area contributed by atoms with Crippen LogP contribution in [0.1, 0.15) is 70.4 Å². The first-order valence-corrected chi connectivity index (χ1v) is 7.90. The molecule has 2 nitrogen and oxygen atoms in total. The third-order valence-corrected chi connectivity index (χ3v) is 3.63. The normalized spacial score (nSPS) is 12.3. The number of hydrogen-bond donors (Lipinski definition) is 1. The van der Waals surface area contributed by atoms with Gasteiger partial charge in [0.25, 0.3) is 0 Å². The molecule has 0 aliphatic carbocycles. The second-order valence-electron chi connectivity index (χ2n) is 6.62. The molecule has 1 aromatic carbocycles. The molecule has 0 unspecified atom stereocenters. The molecular formula is C19H30O2. The van der Waals surface area contributed by atoms with Crippen LogP contribution < -0.4 is 4.74 Å². The molecule has 118 valence electrons. The topological polar surface area (TPSA) is 29.5 Å². The second kappa shape index (κ2) is 8.23. The van der Waals surface area contributed by atoms with Gasteiger partial charge in [-0.25, -0.2) is 0 Å². The Kier molecular flexibility index (Phi) is 6.97. The minimum Gasteiger partial charge on any atom is -0.496 e. The highest BCUT2D eigenvalue weighted by Gasteiger charge is 2.10. The van der Waals surface area contributed by atoms with Gasteiger partial charge in [-0.15, -0.1) is 0 Å². The highest BCUT2D eigenvalue weighted by atomic mass is 16.5. The molecule has 0 radical (unpaired) electrons. The lowest BCUT2D eigenvalue weighted by Crippen LogP contribution is -2.17. The van der Waals surface area contributed by atoms with E-state index in [1.54, 1.807) is 7.11 Å². The Balaban J connectivity index is 2.56. The number of ether oxygens (including phenoxy) is 1. The molecule has 0 fully saturated rings. The van der Waals surface area contributed by atoms with Crippen LogP contribution in [0.2, 0.25) is 0 Å². The van der Waals surface area contributed by atoms with Gasteiger partial charge in [-0.1, -0.05) is 38.5 Å². The zero-order valence-corrected chi connectivity index (χ0v) is 14.1. The quantitative estimate of drug-likeness (QED) is 0.670. The second-order valence-corrected chi connectivity index (χ2v) is 6.62. The van der Waals surface area contributed by atoms with Crippen LogP contribution in [0.3, 0.4) is 0 Å². The number of allylic oxidation sites excluding steroid dienone is 1. The summed E-state index contributed by atoms with van der Waals surface area (Å²) in [5.41, 5.74) is 1.93. The summed E-state index contributed by atoms with van der Waals surface area (Å²) in [4.78, 5) is 0. The van der Waals surface area contributed by atoms with Gasteiger partial charge >= 0.3 is 0 Å². The average Bonchev–Trinajstić information content (AvgIpc) is 2.41. The van der Waals surface area contributed by atoms with Crippen LogP contribution in [0.15, 0.2) is 24.3 Å². The van der Waals surface area contributed by atoms with Gasteiger partial charge in [0.15, 0.2) is 0 Å². The van der Waals surface area contributed by atoms with Gasteiger partial charge in [0.2, 0.25) is 0 Å². The summed E-state index contributed by atoms with van der Waals surface area (Å²) in [6, 6.07) is 6.38. The van der Waals surface area contributed by atoms with Crippen molar-refractivity contribution in [3.8, 4) is 5.75 Å². The van der Waals surface area contributed by atoms with Gasteiger partial charge in [-0.3, -0.25) is 0 Å². The largest absolute Gasteiger partial charge is 0.496 e. The lowest BCUT2D eigenvalue weighted by atomic mass is 9.99. The number of rotatable bonds is 8. The fraction of sp³-hybridized carbons (Fsp3) is 0.579. The lowest BCUT2D eigenvalue weighted by molar-refractivity contribution is 0.0683. The minimum atomic E-state index is -0.543. The number of hydrogen-bond acceptors (Lipinski definition) is 2. The van der Waals surface area contributed by atoms with Gasteiger partial charge in [-0.2, -0.15) is 0 Å². The van der Waals surface area contributed by atoms with E-state index in [9.17, 15) is 5.11 Å². The van der Waals surface area contributed by atoms with Crippen LogP contribution in [-0.2, 0) is 0 Å². The van der Waals surface area contributed by atoms with E-state index < -0.39 is 5.60 Å². The SMILES string of the molecule is COc1ccc(C(C)C)cc1C=CCCCCC(C)(C)O. The highest BCUT2D eigenvalue weighted by molar-refractivity contribution is 5.58. The molecule has 0 amide bonds. The molecule has 0 aliphatic heterocycles. The third-order valence-electron chi connectivity index (χ3n) is 3.63. The van der Waals surface area contributed by atoms with Crippen molar-refractivity contribution in [3.05, 3.63) is 35.4 Å². The molecule has 0 atom stereocenters. The summed E-state index contributed by atoms with van der Waals surface area (Å²) in [5, 5.41) is 9.67. The van der Waals surface area contributed by atoms with Gasteiger partial charge in [0.05, 0.1) is 12.7 Å². The Morgan fingerprint density at radius 3 is 2.52 bits per heavy atom. The van der Waals surface area contributed by atoms with Crippen LogP contribution in [0.5, 0.6) is 5.75 Å². The van der Waals surface area contributed by atoms with E-state index in [4.69, 9.17) is 4.74 Å². The van der Waals surface area contributed by atoms with Gasteiger partial charge in [-0.05, 0) is 56.7 Å². The van der Waals surface area contributed by atoms with Crippen molar-refractivity contribution in [2.75, 3.05) is 7.11 Å². The molecule has 1 N–H and O–H groups in total. The van der Waals surface area contributed by atoms with Crippen LogP contribution in [0, 0.1) is 0 Å². The van der Waals surface area contributed by atoms with E-state index in [0.29, 0.717) is 5.92 Å². The summed E-state index contributed by atoms with van der Waals surface area (Å²) in [6.07, 6.45) is 8.39. The first-order chi connectivity index (χ1) is 9.83. The fourth-order valence-electron chi connectivity index (χ4n) is 2.27. The van der Waals surface area contributed by atoms with Crippen molar-refractivity contribution in [1.29, 1.82) is 0 Å². The molecule has 0 spiro atoms. The van der Waals surface area contributed by atoms with E-state index in [0.717, 1.165) is 37.0 Å². The maximum absolute atomic E-state index is 9.67. The first-order valence-electron chi connectivity index (χ1n) is 7.90. The third kappa shape index (κ3) is 6.81. The van der Waals surface area contributed by atoms with Crippen LogP contribution in [0.25, 0.3) is 6.08 Å². The monoisotopic (exact) mass is 290 g/mol. The molecule has 0 heterocycles. The first kappa shape index (κ1) is 17.8. The molecule has 0 saturated heterocycles. The van der Waals surface area contributed by atoms with Crippen LogP contribution in [0.4, 0.5) is 0 Å². The van der Waals surface area contributed by atoms with Crippen molar-refractivity contribution in [1.82, 2.24) is 0 Å². The Hall–Kier alpha value is -1.28. The van der Waals surface area contributed by atoms with E-state index in [2.05, 4.69) is 38.1 Å². The number of unbranched alkanes of at least 4 members (excludes halogenated alkanes) is 2. The molecule has 1 aromatic rings. The maximum Gasteiger partial charge on any atom is 0.126 e. The lowest BCUT2D eigenvalue weighted by Gasteiger charge is -2.15. The zero-order valence-electron chi connectivity index (χ0n) is 14.1. The minimum absolute atomic E-state index is 0.523. The maximum atomic E-state index is 9.67. The Morgan fingerprint density at radius 2 is 1.95 bits per heavy atom. The molecule has 21 heavy (non-hydrogen) atoms. The Morgan fingerprint density at radius 1 is 1.24 bits per heavy atom. The van der Waals surface area contributed by atoms with Crippen molar-refractivity contribution in [3.63, 3.8) is 0 Å². The highest BCUT2D eigenvalue weighted by Crippen LogP contribution is 2.25. The van der Waals surface area contributed by atoms with E-state index in [-0.39, 0.29) is 0 Å². The predicted octanol–water partition coefficient (Wildman–Crippen LogP) is 5.16. The molecule has 0 aromatic heterocycles. The number of aliphatic hydroxyl groups is 1. The summed E-state index contributed by atoms with van der Waals surface area (Å²) >= 11 is 0. The average molecular weight is 290 g/mol. The Bertz CT molecular complexity index is 453. The van der Waals surface area contributed by atoms with Crippen molar-refractivity contribution in [2.45, 2.75) is 64.9 Å². The summed E-state index contributed by atoms with van der Waals surface area (Å²) in [7, 11) is 1.71. The number of methoxy groups -OCH3 is 1. The number of benzene rings is 1. The van der Waals surface area contributed by atoms with E-state index in [1.807, 2.05) is 19.9 Å². The predicted molar refractivity (Wildman–Crippen MR) is 90.9 cm³/mol. The smallest absolute Gasteiger partial charge is 0.126 e.